The number of hydrogen-bond acceptors (Lipinski definition) is 2. The van der Waals surface area contributed by atoms with E-state index in [-0.39, 0.29) is 0 Å². The van der Waals surface area contributed by atoms with Crippen molar-refractivity contribution in [1.29, 1.82) is 5.26 Å². The Kier molecular flexibility index (Phi) is 4.67. The summed E-state index contributed by atoms with van der Waals surface area (Å²) >= 11 is 0. The van der Waals surface area contributed by atoms with Crippen LogP contribution >= 0.6 is 0 Å². The molecule has 0 aromatic carbocycles. The summed E-state index contributed by atoms with van der Waals surface area (Å²) in [7, 11) is 0. The van der Waals surface area contributed by atoms with E-state index < -0.39 is 5.60 Å². The second-order valence-corrected chi connectivity index (χ2v) is 6.55. The van der Waals surface area contributed by atoms with Crippen LogP contribution in [-0.4, -0.2) is 10.7 Å². The Labute approximate surface area is 111 Å². The summed E-state index contributed by atoms with van der Waals surface area (Å²) in [5.41, 5.74) is -1.00. The van der Waals surface area contributed by atoms with Gasteiger partial charge in [-0.1, -0.05) is 32.6 Å². The third kappa shape index (κ3) is 3.26. The summed E-state index contributed by atoms with van der Waals surface area (Å²) in [6.07, 6.45) is 11.9. The Hall–Kier alpha value is -0.550. The molecule has 2 nitrogen and oxygen atoms in total. The summed E-state index contributed by atoms with van der Waals surface area (Å²) in [5.74, 6) is 2.63. The minimum atomic E-state index is -1.00. The molecule has 2 aliphatic rings. The van der Waals surface area contributed by atoms with E-state index in [1.807, 2.05) is 0 Å². The highest BCUT2D eigenvalue weighted by Crippen LogP contribution is 2.42. The van der Waals surface area contributed by atoms with Gasteiger partial charge in [-0.25, -0.2) is 0 Å². The molecule has 0 amide bonds. The average Bonchev–Trinajstić information content (AvgIpc) is 2.41. The van der Waals surface area contributed by atoms with Gasteiger partial charge in [-0.2, -0.15) is 5.26 Å². The minimum absolute atomic E-state index is 0.697. The first-order valence-corrected chi connectivity index (χ1v) is 7.80. The van der Waals surface area contributed by atoms with Crippen LogP contribution < -0.4 is 0 Å². The van der Waals surface area contributed by atoms with E-state index in [0.29, 0.717) is 12.8 Å². The number of rotatable bonds is 3. The highest BCUT2D eigenvalue weighted by Gasteiger charge is 2.36. The first-order chi connectivity index (χ1) is 8.67. The molecule has 0 radical (unpaired) electrons. The molecule has 0 atom stereocenters. The molecule has 0 aromatic heterocycles. The van der Waals surface area contributed by atoms with Gasteiger partial charge in [0.2, 0.25) is 0 Å². The second kappa shape index (κ2) is 6.06. The van der Waals surface area contributed by atoms with Gasteiger partial charge in [0.25, 0.3) is 0 Å². The lowest BCUT2D eigenvalue weighted by Gasteiger charge is -2.38. The van der Waals surface area contributed by atoms with Gasteiger partial charge in [-0.15, -0.1) is 0 Å². The molecule has 2 heteroatoms. The summed E-state index contributed by atoms with van der Waals surface area (Å²) in [6.45, 7) is 2.29. The fourth-order valence-electron chi connectivity index (χ4n) is 4.06. The molecular weight excluding hydrogens is 222 g/mol. The summed E-state index contributed by atoms with van der Waals surface area (Å²) in [5, 5.41) is 18.9. The van der Waals surface area contributed by atoms with Gasteiger partial charge in [0, 0.05) is 0 Å². The molecule has 0 unspecified atom stereocenters. The van der Waals surface area contributed by atoms with Gasteiger partial charge in [0.05, 0.1) is 6.07 Å². The zero-order valence-corrected chi connectivity index (χ0v) is 11.7. The Morgan fingerprint density at radius 2 is 1.61 bits per heavy atom. The third-order valence-electron chi connectivity index (χ3n) is 5.32. The summed E-state index contributed by atoms with van der Waals surface area (Å²) in [4.78, 5) is 0. The fraction of sp³-hybridized carbons (Fsp3) is 0.938. The largest absolute Gasteiger partial charge is 0.375 e. The predicted molar refractivity (Wildman–Crippen MR) is 72.9 cm³/mol. The molecule has 0 bridgehead atoms. The highest BCUT2D eigenvalue weighted by atomic mass is 16.3. The molecule has 2 saturated carbocycles. The fourth-order valence-corrected chi connectivity index (χ4v) is 4.06. The maximum Gasteiger partial charge on any atom is 0.151 e. The lowest BCUT2D eigenvalue weighted by Crippen LogP contribution is -2.35. The molecule has 102 valence electrons. The first-order valence-electron chi connectivity index (χ1n) is 7.80. The standard InChI is InChI=1S/C16H27NO/c1-2-3-13-4-6-14(7-5-13)15-8-10-16(18,12-17)11-9-15/h13-15,18H,2-11H2,1H3. The monoisotopic (exact) mass is 249 g/mol. The molecule has 0 spiro atoms. The highest BCUT2D eigenvalue weighted by molar-refractivity contribution is 5.03. The van der Waals surface area contributed by atoms with Crippen molar-refractivity contribution >= 4 is 0 Å². The normalized spacial score (nSPS) is 41.3. The zero-order valence-electron chi connectivity index (χ0n) is 11.7. The SMILES string of the molecule is CCCC1CCC(C2CCC(O)(C#N)CC2)CC1. The molecule has 0 heterocycles. The molecule has 0 saturated heterocycles. The molecule has 2 aliphatic carbocycles. The van der Waals surface area contributed by atoms with Gasteiger partial charge >= 0.3 is 0 Å². The lowest BCUT2D eigenvalue weighted by atomic mass is 9.68. The van der Waals surface area contributed by atoms with Crippen molar-refractivity contribution in [3.05, 3.63) is 0 Å². The van der Waals surface area contributed by atoms with Crippen LogP contribution in [0.5, 0.6) is 0 Å². The quantitative estimate of drug-likeness (QED) is 0.767. The van der Waals surface area contributed by atoms with Crippen LogP contribution in [-0.2, 0) is 0 Å². The predicted octanol–water partition coefficient (Wildman–Crippen LogP) is 4.04. The van der Waals surface area contributed by atoms with E-state index in [9.17, 15) is 5.11 Å². The van der Waals surface area contributed by atoms with Crippen LogP contribution in [0.1, 0.15) is 71.1 Å². The van der Waals surface area contributed by atoms with Crippen LogP contribution in [0.25, 0.3) is 0 Å². The van der Waals surface area contributed by atoms with Gasteiger partial charge in [0.1, 0.15) is 0 Å². The molecule has 0 aliphatic heterocycles. The van der Waals surface area contributed by atoms with Gasteiger partial charge in [-0.3, -0.25) is 0 Å². The van der Waals surface area contributed by atoms with Crippen molar-refractivity contribution in [2.24, 2.45) is 17.8 Å². The molecule has 2 fully saturated rings. The van der Waals surface area contributed by atoms with E-state index in [0.717, 1.165) is 30.6 Å². The third-order valence-corrected chi connectivity index (χ3v) is 5.32. The number of nitrogens with zero attached hydrogens (tertiary/aromatic N) is 1. The maximum absolute atomic E-state index is 9.95. The Balaban J connectivity index is 1.77. The lowest BCUT2D eigenvalue weighted by molar-refractivity contribution is 0.0239. The summed E-state index contributed by atoms with van der Waals surface area (Å²) < 4.78 is 0. The van der Waals surface area contributed by atoms with Gasteiger partial charge in [0.15, 0.2) is 5.60 Å². The van der Waals surface area contributed by atoms with Crippen molar-refractivity contribution in [1.82, 2.24) is 0 Å². The number of hydrogen-bond donors (Lipinski definition) is 1. The van der Waals surface area contributed by atoms with Crippen LogP contribution in [0.2, 0.25) is 0 Å². The van der Waals surface area contributed by atoms with Crippen LogP contribution in [0.4, 0.5) is 0 Å². The van der Waals surface area contributed by atoms with Crippen molar-refractivity contribution < 1.29 is 5.11 Å². The van der Waals surface area contributed by atoms with E-state index in [4.69, 9.17) is 5.26 Å². The van der Waals surface area contributed by atoms with E-state index in [2.05, 4.69) is 13.0 Å². The number of aliphatic hydroxyl groups is 1. The van der Waals surface area contributed by atoms with E-state index in [1.54, 1.807) is 0 Å². The Bertz CT molecular complexity index is 291. The second-order valence-electron chi connectivity index (χ2n) is 6.55. The Morgan fingerprint density at radius 3 is 2.11 bits per heavy atom. The maximum atomic E-state index is 9.95. The molecular formula is C16H27NO. The van der Waals surface area contributed by atoms with E-state index in [1.165, 1.54) is 38.5 Å². The zero-order chi connectivity index (χ0) is 13.0. The minimum Gasteiger partial charge on any atom is -0.375 e. The van der Waals surface area contributed by atoms with Crippen LogP contribution in [0.15, 0.2) is 0 Å². The molecule has 18 heavy (non-hydrogen) atoms. The van der Waals surface area contributed by atoms with Crippen LogP contribution in [0, 0.1) is 29.1 Å². The van der Waals surface area contributed by atoms with Crippen molar-refractivity contribution in [2.45, 2.75) is 76.7 Å². The van der Waals surface area contributed by atoms with Crippen LogP contribution in [0.3, 0.4) is 0 Å². The first kappa shape index (κ1) is 13.9. The van der Waals surface area contributed by atoms with E-state index >= 15 is 0 Å². The molecule has 0 aromatic rings. The smallest absolute Gasteiger partial charge is 0.151 e. The van der Waals surface area contributed by atoms with Gasteiger partial charge in [-0.05, 0) is 56.3 Å². The van der Waals surface area contributed by atoms with Crippen molar-refractivity contribution in [3.63, 3.8) is 0 Å². The number of nitriles is 1. The Morgan fingerprint density at radius 1 is 1.06 bits per heavy atom. The summed E-state index contributed by atoms with van der Waals surface area (Å²) in [6, 6.07) is 2.08. The van der Waals surface area contributed by atoms with Gasteiger partial charge < -0.3 is 5.11 Å². The van der Waals surface area contributed by atoms with Crippen molar-refractivity contribution in [3.8, 4) is 6.07 Å². The topological polar surface area (TPSA) is 44.0 Å². The van der Waals surface area contributed by atoms with Crippen molar-refractivity contribution in [2.75, 3.05) is 0 Å². The molecule has 1 N–H and O–H groups in total. The average molecular weight is 249 g/mol. The molecule has 2 rings (SSSR count).